The fourth-order valence-electron chi connectivity index (χ4n) is 2.68. The lowest BCUT2D eigenvalue weighted by Crippen LogP contribution is -2.07. The first kappa shape index (κ1) is 15.3. The van der Waals surface area contributed by atoms with Crippen LogP contribution in [0.3, 0.4) is 0 Å². The Bertz CT molecular complexity index is 1000. The smallest absolute Gasteiger partial charge is 0.307 e. The first-order valence-corrected chi connectivity index (χ1v) is 8.83. The van der Waals surface area contributed by atoms with Gasteiger partial charge in [-0.1, -0.05) is 42.5 Å². The lowest BCUT2D eigenvalue weighted by molar-refractivity contribution is -0.136. The van der Waals surface area contributed by atoms with E-state index in [1.165, 1.54) is 3.97 Å². The molecule has 3 aromatic rings. The number of carboxylic acid groups (broad SMARTS) is 1. The fourth-order valence-corrected chi connectivity index (χ4v) is 3.49. The Balaban J connectivity index is 2.23. The number of nitrogens with zero attached hydrogens (tertiary/aromatic N) is 1. The monoisotopic (exact) mass is 329 g/mol. The highest BCUT2D eigenvalue weighted by Gasteiger charge is 2.15. The second-order valence-electron chi connectivity index (χ2n) is 5.39. The number of carbonyl (C=O) groups is 1. The van der Waals surface area contributed by atoms with Crippen molar-refractivity contribution in [2.75, 3.05) is 6.26 Å². The van der Waals surface area contributed by atoms with Gasteiger partial charge in [0, 0.05) is 17.1 Å². The van der Waals surface area contributed by atoms with E-state index < -0.39 is 16.0 Å². The standard InChI is InChI=1S/C17H15NO4S/c1-23(21,22)18-11-15(14-7-2-3-8-16(14)18)13-6-4-5-12(9-13)10-17(19)20/h2-9,11H,10H2,1H3,(H,19,20). The number of aromatic nitrogens is 1. The summed E-state index contributed by atoms with van der Waals surface area (Å²) in [5, 5.41) is 9.74. The van der Waals surface area contributed by atoms with Crippen LogP contribution in [-0.2, 0) is 21.2 Å². The van der Waals surface area contributed by atoms with Crippen LogP contribution in [0.25, 0.3) is 22.0 Å². The Kier molecular flexibility index (Phi) is 3.69. The SMILES string of the molecule is CS(=O)(=O)n1cc(-c2cccc(CC(=O)O)c2)c2ccccc21. The zero-order chi connectivity index (χ0) is 16.6. The number of carboxylic acids is 1. The van der Waals surface area contributed by atoms with E-state index in [2.05, 4.69) is 0 Å². The maximum Gasteiger partial charge on any atom is 0.307 e. The van der Waals surface area contributed by atoms with Crippen molar-refractivity contribution in [1.82, 2.24) is 3.97 Å². The molecule has 0 saturated heterocycles. The van der Waals surface area contributed by atoms with Gasteiger partial charge in [0.2, 0.25) is 10.0 Å². The van der Waals surface area contributed by atoms with Gasteiger partial charge in [0.25, 0.3) is 0 Å². The average Bonchev–Trinajstić information content (AvgIpc) is 2.86. The van der Waals surface area contributed by atoms with Gasteiger partial charge in [-0.25, -0.2) is 12.4 Å². The highest BCUT2D eigenvalue weighted by Crippen LogP contribution is 2.31. The van der Waals surface area contributed by atoms with Crippen LogP contribution < -0.4 is 0 Å². The molecule has 0 unspecified atom stereocenters. The van der Waals surface area contributed by atoms with Crippen molar-refractivity contribution in [3.05, 3.63) is 60.3 Å². The molecule has 0 spiro atoms. The van der Waals surface area contributed by atoms with E-state index in [0.29, 0.717) is 11.1 Å². The number of hydrogen-bond donors (Lipinski definition) is 1. The predicted octanol–water partition coefficient (Wildman–Crippen LogP) is 2.74. The second kappa shape index (κ2) is 5.55. The lowest BCUT2D eigenvalue weighted by Gasteiger charge is -2.03. The number of aliphatic carboxylic acids is 1. The normalized spacial score (nSPS) is 11.7. The van der Waals surface area contributed by atoms with E-state index in [-0.39, 0.29) is 6.42 Å². The molecule has 0 saturated carbocycles. The highest BCUT2D eigenvalue weighted by atomic mass is 32.2. The van der Waals surface area contributed by atoms with Gasteiger partial charge in [-0.2, -0.15) is 0 Å². The molecule has 118 valence electrons. The molecule has 1 N–H and O–H groups in total. The Morgan fingerprint density at radius 2 is 1.87 bits per heavy atom. The van der Waals surface area contributed by atoms with Crippen molar-refractivity contribution in [2.24, 2.45) is 0 Å². The lowest BCUT2D eigenvalue weighted by atomic mass is 10.0. The van der Waals surface area contributed by atoms with Gasteiger partial charge in [0.1, 0.15) is 0 Å². The number of para-hydroxylation sites is 1. The summed E-state index contributed by atoms with van der Waals surface area (Å²) in [5.74, 6) is -0.902. The highest BCUT2D eigenvalue weighted by molar-refractivity contribution is 7.89. The zero-order valence-electron chi connectivity index (χ0n) is 12.4. The maximum absolute atomic E-state index is 12.0. The minimum Gasteiger partial charge on any atom is -0.481 e. The molecule has 3 rings (SSSR count). The van der Waals surface area contributed by atoms with E-state index in [9.17, 15) is 13.2 Å². The Hall–Kier alpha value is -2.60. The van der Waals surface area contributed by atoms with E-state index >= 15 is 0 Å². The third-order valence-electron chi connectivity index (χ3n) is 3.63. The van der Waals surface area contributed by atoms with Gasteiger partial charge in [-0.05, 0) is 17.2 Å². The van der Waals surface area contributed by atoms with Crippen LogP contribution in [0.5, 0.6) is 0 Å². The molecule has 23 heavy (non-hydrogen) atoms. The quantitative estimate of drug-likeness (QED) is 0.798. The zero-order valence-corrected chi connectivity index (χ0v) is 13.2. The molecule has 0 aliphatic carbocycles. The van der Waals surface area contributed by atoms with Gasteiger partial charge < -0.3 is 5.11 Å². The van der Waals surface area contributed by atoms with Crippen molar-refractivity contribution in [3.8, 4) is 11.1 Å². The third-order valence-corrected chi connectivity index (χ3v) is 4.65. The predicted molar refractivity (Wildman–Crippen MR) is 89.0 cm³/mol. The van der Waals surface area contributed by atoms with Crippen molar-refractivity contribution >= 4 is 26.9 Å². The average molecular weight is 329 g/mol. The van der Waals surface area contributed by atoms with Crippen molar-refractivity contribution in [3.63, 3.8) is 0 Å². The largest absolute Gasteiger partial charge is 0.481 e. The van der Waals surface area contributed by atoms with Gasteiger partial charge in [0.05, 0.1) is 18.2 Å². The summed E-state index contributed by atoms with van der Waals surface area (Å²) >= 11 is 0. The van der Waals surface area contributed by atoms with E-state index in [4.69, 9.17) is 5.11 Å². The molecular weight excluding hydrogens is 314 g/mol. The summed E-state index contributed by atoms with van der Waals surface area (Å²) in [6.45, 7) is 0. The van der Waals surface area contributed by atoms with Gasteiger partial charge >= 0.3 is 5.97 Å². The molecule has 0 radical (unpaired) electrons. The van der Waals surface area contributed by atoms with Gasteiger partial charge in [-0.15, -0.1) is 0 Å². The molecule has 2 aromatic carbocycles. The Morgan fingerprint density at radius 1 is 1.13 bits per heavy atom. The molecule has 0 bridgehead atoms. The summed E-state index contributed by atoms with van der Waals surface area (Å²) in [5.41, 5.74) is 2.83. The molecule has 0 atom stereocenters. The van der Waals surface area contributed by atoms with Crippen LogP contribution in [0.1, 0.15) is 5.56 Å². The maximum atomic E-state index is 12.0. The molecule has 0 aliphatic heterocycles. The Labute approximate surface area is 133 Å². The minimum atomic E-state index is -3.42. The van der Waals surface area contributed by atoms with Gasteiger partial charge in [0.15, 0.2) is 0 Å². The van der Waals surface area contributed by atoms with Crippen LogP contribution >= 0.6 is 0 Å². The van der Waals surface area contributed by atoms with Crippen LogP contribution in [0.2, 0.25) is 0 Å². The summed E-state index contributed by atoms with van der Waals surface area (Å²) in [6.07, 6.45) is 2.67. The molecule has 1 heterocycles. The first-order valence-electron chi connectivity index (χ1n) is 6.98. The molecule has 0 fully saturated rings. The van der Waals surface area contributed by atoms with E-state index in [0.717, 1.165) is 22.8 Å². The Morgan fingerprint density at radius 3 is 2.57 bits per heavy atom. The summed E-state index contributed by atoms with van der Waals surface area (Å²) < 4.78 is 25.2. The molecule has 6 heteroatoms. The minimum absolute atomic E-state index is 0.0709. The third kappa shape index (κ3) is 2.98. The molecule has 5 nitrogen and oxygen atoms in total. The van der Waals surface area contributed by atoms with Crippen LogP contribution in [0.4, 0.5) is 0 Å². The number of fused-ring (bicyclic) bond motifs is 1. The van der Waals surface area contributed by atoms with Crippen LogP contribution in [0, 0.1) is 0 Å². The number of hydrogen-bond acceptors (Lipinski definition) is 3. The summed E-state index contributed by atoms with van der Waals surface area (Å²) in [4.78, 5) is 10.9. The molecule has 1 aromatic heterocycles. The number of benzene rings is 2. The second-order valence-corrected chi connectivity index (χ2v) is 7.25. The van der Waals surface area contributed by atoms with Crippen molar-refractivity contribution in [1.29, 1.82) is 0 Å². The summed E-state index contributed by atoms with van der Waals surface area (Å²) in [7, 11) is -3.42. The van der Waals surface area contributed by atoms with Crippen molar-refractivity contribution < 1.29 is 18.3 Å². The molecule has 0 amide bonds. The van der Waals surface area contributed by atoms with E-state index in [1.54, 1.807) is 36.5 Å². The van der Waals surface area contributed by atoms with E-state index in [1.807, 2.05) is 18.2 Å². The number of rotatable bonds is 4. The molecular formula is C17H15NO4S. The van der Waals surface area contributed by atoms with Gasteiger partial charge in [-0.3, -0.25) is 4.79 Å². The van der Waals surface area contributed by atoms with Crippen molar-refractivity contribution in [2.45, 2.75) is 6.42 Å². The van der Waals surface area contributed by atoms with Crippen LogP contribution in [-0.4, -0.2) is 29.7 Å². The molecule has 0 aliphatic rings. The topological polar surface area (TPSA) is 76.4 Å². The first-order chi connectivity index (χ1) is 10.9. The fraction of sp³-hybridized carbons (Fsp3) is 0.118. The summed E-state index contributed by atoms with van der Waals surface area (Å²) in [6, 6.07) is 14.4. The van der Waals surface area contributed by atoms with Crippen LogP contribution in [0.15, 0.2) is 54.7 Å².